The Hall–Kier alpha value is -0.290. The molecule has 16 heavy (non-hydrogen) atoms. The maximum absolute atomic E-state index is 5.73. The van der Waals surface area contributed by atoms with Crippen molar-refractivity contribution in [3.8, 4) is 0 Å². The van der Waals surface area contributed by atoms with E-state index in [1.807, 2.05) is 68.5 Å². The van der Waals surface area contributed by atoms with E-state index in [4.69, 9.17) is 11.8 Å². The standard InChI is InChI=1S/C10H19N4PS/c1-13(2)11-15(16,12-14(3)4)10-8-6-5-7-9-10/h5-9H,1-4H3,(H2,11,12,16). The van der Waals surface area contributed by atoms with E-state index >= 15 is 0 Å². The van der Waals surface area contributed by atoms with Crippen LogP contribution in [0.15, 0.2) is 30.3 Å². The summed E-state index contributed by atoms with van der Waals surface area (Å²) in [6.07, 6.45) is -2.00. The van der Waals surface area contributed by atoms with Gasteiger partial charge in [-0.15, -0.1) is 0 Å². The predicted octanol–water partition coefficient (Wildman–Crippen LogP) is 0.754. The fourth-order valence-electron chi connectivity index (χ4n) is 1.34. The van der Waals surface area contributed by atoms with Crippen LogP contribution in [0.5, 0.6) is 0 Å². The lowest BCUT2D eigenvalue weighted by atomic mass is 10.4. The van der Waals surface area contributed by atoms with Crippen LogP contribution in [-0.2, 0) is 11.8 Å². The molecule has 0 bridgehead atoms. The first-order valence-corrected chi connectivity index (χ1v) is 7.80. The van der Waals surface area contributed by atoms with Crippen molar-refractivity contribution < 1.29 is 0 Å². The number of benzene rings is 1. The molecule has 0 unspecified atom stereocenters. The minimum Gasteiger partial charge on any atom is -0.245 e. The summed E-state index contributed by atoms with van der Waals surface area (Å²) in [6.45, 7) is 0. The molecule has 0 heterocycles. The highest BCUT2D eigenvalue weighted by Crippen LogP contribution is 2.35. The number of nitrogens with zero attached hydrogens (tertiary/aromatic N) is 2. The van der Waals surface area contributed by atoms with Crippen LogP contribution < -0.4 is 15.7 Å². The third-order valence-electron chi connectivity index (χ3n) is 1.80. The molecule has 0 saturated heterocycles. The molecule has 4 nitrogen and oxygen atoms in total. The van der Waals surface area contributed by atoms with Gasteiger partial charge in [-0.3, -0.25) is 0 Å². The zero-order chi connectivity index (χ0) is 12.2. The van der Waals surface area contributed by atoms with E-state index in [0.717, 1.165) is 5.30 Å². The SMILES string of the molecule is CN(C)NP(=S)(NN(C)C)c1ccccc1. The van der Waals surface area contributed by atoms with Crippen molar-refractivity contribution in [2.75, 3.05) is 28.2 Å². The topological polar surface area (TPSA) is 30.5 Å². The minimum absolute atomic E-state index is 1.12. The van der Waals surface area contributed by atoms with Gasteiger partial charge in [0.05, 0.1) is 0 Å². The van der Waals surface area contributed by atoms with Gasteiger partial charge in [0.15, 0.2) is 0 Å². The lowest BCUT2D eigenvalue weighted by molar-refractivity contribution is 0.345. The fourth-order valence-corrected chi connectivity index (χ4v) is 4.68. The van der Waals surface area contributed by atoms with Crippen LogP contribution in [0.1, 0.15) is 0 Å². The molecule has 0 amide bonds. The predicted molar refractivity (Wildman–Crippen MR) is 74.0 cm³/mol. The molecular formula is C10H19N4PS. The summed E-state index contributed by atoms with van der Waals surface area (Å²) in [5.74, 6) is 0. The van der Waals surface area contributed by atoms with Gasteiger partial charge in [0.1, 0.15) is 6.34 Å². The Bertz CT molecular complexity index is 352. The monoisotopic (exact) mass is 258 g/mol. The summed E-state index contributed by atoms with van der Waals surface area (Å²) >= 11 is 5.73. The molecule has 0 aromatic heterocycles. The molecule has 90 valence electrons. The van der Waals surface area contributed by atoms with Gasteiger partial charge in [-0.05, 0) is 0 Å². The molecule has 1 rings (SSSR count). The number of hydrazine groups is 2. The molecule has 0 aliphatic heterocycles. The smallest absolute Gasteiger partial charge is 0.128 e. The molecule has 0 radical (unpaired) electrons. The number of hydrogen-bond donors (Lipinski definition) is 2. The molecular weight excluding hydrogens is 239 g/mol. The van der Waals surface area contributed by atoms with Gasteiger partial charge < -0.3 is 0 Å². The van der Waals surface area contributed by atoms with Crippen molar-refractivity contribution in [3.05, 3.63) is 30.3 Å². The number of nitrogens with one attached hydrogen (secondary N) is 2. The molecule has 0 saturated carbocycles. The Balaban J connectivity index is 3.00. The van der Waals surface area contributed by atoms with Crippen molar-refractivity contribution in [3.63, 3.8) is 0 Å². The Morgan fingerprint density at radius 2 is 1.38 bits per heavy atom. The summed E-state index contributed by atoms with van der Waals surface area (Å²) in [5, 5.41) is 11.5. The number of rotatable bonds is 5. The molecule has 2 N–H and O–H groups in total. The molecule has 0 atom stereocenters. The summed E-state index contributed by atoms with van der Waals surface area (Å²) in [5.41, 5.74) is 0. The lowest BCUT2D eigenvalue weighted by Crippen LogP contribution is -2.42. The minimum atomic E-state index is -2.00. The summed E-state index contributed by atoms with van der Waals surface area (Å²) in [4.78, 5) is 0. The Morgan fingerprint density at radius 3 is 1.75 bits per heavy atom. The van der Waals surface area contributed by atoms with E-state index in [1.165, 1.54) is 0 Å². The van der Waals surface area contributed by atoms with E-state index in [-0.39, 0.29) is 0 Å². The molecule has 0 aliphatic rings. The Kier molecular flexibility index (Phi) is 5.05. The van der Waals surface area contributed by atoms with Gasteiger partial charge in [-0.2, -0.15) is 0 Å². The zero-order valence-corrected chi connectivity index (χ0v) is 11.8. The van der Waals surface area contributed by atoms with Gasteiger partial charge in [-0.25, -0.2) is 20.4 Å². The first-order chi connectivity index (χ1) is 7.44. The maximum atomic E-state index is 5.73. The molecule has 1 aromatic rings. The van der Waals surface area contributed by atoms with E-state index < -0.39 is 6.34 Å². The summed E-state index contributed by atoms with van der Waals surface area (Å²) in [6, 6.07) is 10.1. The Morgan fingerprint density at radius 1 is 0.938 bits per heavy atom. The summed E-state index contributed by atoms with van der Waals surface area (Å²) < 4.78 is 0. The van der Waals surface area contributed by atoms with Gasteiger partial charge in [0.25, 0.3) is 0 Å². The molecule has 0 aliphatic carbocycles. The molecule has 6 heteroatoms. The second-order valence-electron chi connectivity index (χ2n) is 3.93. The van der Waals surface area contributed by atoms with Gasteiger partial charge in [0, 0.05) is 33.5 Å². The van der Waals surface area contributed by atoms with Crippen molar-refractivity contribution in [1.82, 2.24) is 20.4 Å². The fraction of sp³-hybridized carbons (Fsp3) is 0.400. The van der Waals surface area contributed by atoms with Crippen molar-refractivity contribution in [1.29, 1.82) is 0 Å². The second-order valence-corrected chi connectivity index (χ2v) is 7.71. The van der Waals surface area contributed by atoms with Gasteiger partial charge >= 0.3 is 0 Å². The van der Waals surface area contributed by atoms with Gasteiger partial charge in [-0.1, -0.05) is 42.1 Å². The van der Waals surface area contributed by atoms with Crippen LogP contribution in [0, 0.1) is 0 Å². The maximum Gasteiger partial charge on any atom is 0.128 e. The average Bonchev–Trinajstić information content (AvgIpc) is 2.16. The van der Waals surface area contributed by atoms with Crippen molar-refractivity contribution in [2.24, 2.45) is 0 Å². The molecule has 0 fully saturated rings. The van der Waals surface area contributed by atoms with E-state index in [2.05, 4.69) is 10.4 Å². The second kappa shape index (κ2) is 5.87. The van der Waals surface area contributed by atoms with Crippen LogP contribution in [-0.4, -0.2) is 38.2 Å². The first kappa shape index (κ1) is 13.8. The highest BCUT2D eigenvalue weighted by atomic mass is 32.4. The molecule has 0 spiro atoms. The van der Waals surface area contributed by atoms with Crippen LogP contribution in [0.25, 0.3) is 0 Å². The van der Waals surface area contributed by atoms with E-state index in [0.29, 0.717) is 0 Å². The molecule has 1 aromatic carbocycles. The zero-order valence-electron chi connectivity index (χ0n) is 10.1. The van der Waals surface area contributed by atoms with Crippen molar-refractivity contribution >= 4 is 23.5 Å². The largest absolute Gasteiger partial charge is 0.245 e. The van der Waals surface area contributed by atoms with Crippen molar-refractivity contribution in [2.45, 2.75) is 0 Å². The first-order valence-electron chi connectivity index (χ1n) is 5.00. The quantitative estimate of drug-likeness (QED) is 0.601. The van der Waals surface area contributed by atoms with Crippen LogP contribution in [0.4, 0.5) is 0 Å². The van der Waals surface area contributed by atoms with Crippen LogP contribution in [0.2, 0.25) is 0 Å². The average molecular weight is 258 g/mol. The highest BCUT2D eigenvalue weighted by molar-refractivity contribution is 8.16. The van der Waals surface area contributed by atoms with Crippen LogP contribution in [0.3, 0.4) is 0 Å². The van der Waals surface area contributed by atoms with Crippen LogP contribution >= 0.6 is 6.34 Å². The van der Waals surface area contributed by atoms with E-state index in [9.17, 15) is 0 Å². The lowest BCUT2D eigenvalue weighted by Gasteiger charge is -2.30. The third-order valence-corrected chi connectivity index (χ3v) is 5.31. The highest BCUT2D eigenvalue weighted by Gasteiger charge is 2.20. The van der Waals surface area contributed by atoms with Gasteiger partial charge in [0.2, 0.25) is 0 Å². The number of hydrogen-bond acceptors (Lipinski definition) is 3. The summed E-state index contributed by atoms with van der Waals surface area (Å²) in [7, 11) is 7.78. The Labute approximate surface area is 103 Å². The normalized spacial score (nSPS) is 12.4. The van der Waals surface area contributed by atoms with E-state index in [1.54, 1.807) is 0 Å². The third kappa shape index (κ3) is 3.94.